The highest BCUT2D eigenvalue weighted by atomic mass is 127. The first-order valence-corrected chi connectivity index (χ1v) is 7.78. The Morgan fingerprint density at radius 2 is 1.60 bits per heavy atom. The summed E-state index contributed by atoms with van der Waals surface area (Å²) in [6.45, 7) is 1.93. The topological polar surface area (TPSA) is 9.23 Å². The van der Waals surface area contributed by atoms with Crippen LogP contribution in [0, 0.1) is 11.6 Å². The predicted molar refractivity (Wildman–Crippen MR) is 83.8 cm³/mol. The minimum atomic E-state index is -0.784. The van der Waals surface area contributed by atoms with Crippen LogP contribution in [0.4, 0.5) is 8.78 Å². The van der Waals surface area contributed by atoms with Crippen molar-refractivity contribution in [1.82, 2.24) is 0 Å². The standard InChI is InChI=1S/C16H15F2IO/c1-16(11-19,13-7-3-5-9-15(13)18)20-10-12-6-2-4-8-14(12)17/h2-9H,10-11H2,1H3. The van der Waals surface area contributed by atoms with Crippen LogP contribution in [0.1, 0.15) is 18.1 Å². The van der Waals surface area contributed by atoms with Gasteiger partial charge in [0.25, 0.3) is 0 Å². The van der Waals surface area contributed by atoms with Gasteiger partial charge in [0, 0.05) is 15.6 Å². The SMILES string of the molecule is CC(CI)(OCc1ccccc1F)c1ccccc1F. The highest BCUT2D eigenvalue weighted by Gasteiger charge is 2.29. The van der Waals surface area contributed by atoms with Gasteiger partial charge in [-0.2, -0.15) is 0 Å². The van der Waals surface area contributed by atoms with Gasteiger partial charge in [-0.3, -0.25) is 0 Å². The van der Waals surface area contributed by atoms with E-state index < -0.39 is 5.60 Å². The molecule has 0 saturated heterocycles. The zero-order chi connectivity index (χ0) is 14.6. The fourth-order valence-corrected chi connectivity index (χ4v) is 2.56. The van der Waals surface area contributed by atoms with Crippen molar-refractivity contribution in [2.24, 2.45) is 0 Å². The Morgan fingerprint density at radius 1 is 1.00 bits per heavy atom. The first-order valence-electron chi connectivity index (χ1n) is 6.25. The van der Waals surface area contributed by atoms with Crippen molar-refractivity contribution in [3.8, 4) is 0 Å². The summed E-state index contributed by atoms with van der Waals surface area (Å²) < 4.78 is 33.9. The molecular weight excluding hydrogens is 373 g/mol. The third-order valence-electron chi connectivity index (χ3n) is 3.20. The van der Waals surface area contributed by atoms with Crippen molar-refractivity contribution in [3.05, 3.63) is 71.3 Å². The van der Waals surface area contributed by atoms with Crippen LogP contribution in [0.25, 0.3) is 0 Å². The molecule has 0 spiro atoms. The van der Waals surface area contributed by atoms with Crippen LogP contribution >= 0.6 is 22.6 Å². The van der Waals surface area contributed by atoms with Gasteiger partial charge >= 0.3 is 0 Å². The summed E-state index contributed by atoms with van der Waals surface area (Å²) in [7, 11) is 0. The lowest BCUT2D eigenvalue weighted by molar-refractivity contribution is -0.0309. The van der Waals surface area contributed by atoms with Crippen LogP contribution in [-0.2, 0) is 16.9 Å². The van der Waals surface area contributed by atoms with Crippen LogP contribution in [0.15, 0.2) is 48.5 Å². The van der Waals surface area contributed by atoms with Crippen LogP contribution < -0.4 is 0 Å². The first kappa shape index (κ1) is 15.4. The summed E-state index contributed by atoms with van der Waals surface area (Å²) in [5.41, 5.74) is 0.180. The van der Waals surface area contributed by atoms with Gasteiger partial charge in [0.2, 0.25) is 0 Å². The normalized spacial score (nSPS) is 14.0. The van der Waals surface area contributed by atoms with E-state index in [2.05, 4.69) is 22.6 Å². The molecule has 0 saturated carbocycles. The van der Waals surface area contributed by atoms with Crippen molar-refractivity contribution in [3.63, 3.8) is 0 Å². The summed E-state index contributed by atoms with van der Waals surface area (Å²) in [6, 6.07) is 13.0. The highest BCUT2D eigenvalue weighted by Crippen LogP contribution is 2.31. The number of hydrogen-bond acceptors (Lipinski definition) is 1. The Bertz CT molecular complexity index is 588. The molecule has 0 aromatic heterocycles. The molecule has 0 heterocycles. The van der Waals surface area contributed by atoms with Crippen LogP contribution in [0.5, 0.6) is 0 Å². The summed E-state index contributed by atoms with van der Waals surface area (Å²) in [5, 5.41) is 0. The van der Waals surface area contributed by atoms with Gasteiger partial charge in [0.05, 0.1) is 6.61 Å². The molecule has 1 atom stereocenters. The molecule has 0 fully saturated rings. The third-order valence-corrected chi connectivity index (χ3v) is 4.66. The molecule has 0 aliphatic carbocycles. The van der Waals surface area contributed by atoms with Crippen LogP contribution in [-0.4, -0.2) is 4.43 Å². The van der Waals surface area contributed by atoms with E-state index in [1.54, 1.807) is 36.4 Å². The Morgan fingerprint density at radius 3 is 2.20 bits per heavy atom. The van der Waals surface area contributed by atoms with E-state index in [1.807, 2.05) is 6.92 Å². The predicted octanol–water partition coefficient (Wildman–Crippen LogP) is 4.83. The first-order chi connectivity index (χ1) is 9.57. The maximum atomic E-state index is 13.9. The second kappa shape index (κ2) is 6.63. The van der Waals surface area contributed by atoms with Crippen LogP contribution in [0.3, 0.4) is 0 Å². The average Bonchev–Trinajstić information content (AvgIpc) is 2.46. The van der Waals surface area contributed by atoms with Gasteiger partial charge in [0.15, 0.2) is 0 Å². The van der Waals surface area contributed by atoms with Gasteiger partial charge in [0.1, 0.15) is 17.2 Å². The highest BCUT2D eigenvalue weighted by molar-refractivity contribution is 14.1. The molecule has 0 aliphatic heterocycles. The Labute approximate surface area is 131 Å². The van der Waals surface area contributed by atoms with E-state index in [9.17, 15) is 8.78 Å². The molecule has 2 aromatic rings. The molecule has 0 radical (unpaired) electrons. The molecule has 1 unspecified atom stereocenters. The fourth-order valence-electron chi connectivity index (χ4n) is 1.93. The Kier molecular flexibility index (Phi) is 5.10. The van der Waals surface area contributed by atoms with E-state index in [-0.39, 0.29) is 18.2 Å². The summed E-state index contributed by atoms with van der Waals surface area (Å²) in [6.07, 6.45) is 0. The molecule has 20 heavy (non-hydrogen) atoms. The van der Waals surface area contributed by atoms with E-state index in [1.165, 1.54) is 12.1 Å². The van der Waals surface area contributed by atoms with Crippen LogP contribution in [0.2, 0.25) is 0 Å². The smallest absolute Gasteiger partial charge is 0.129 e. The van der Waals surface area contributed by atoms with E-state index in [4.69, 9.17) is 4.74 Å². The number of alkyl halides is 1. The number of hydrogen-bond donors (Lipinski definition) is 0. The molecule has 0 aliphatic rings. The molecule has 2 aromatic carbocycles. The monoisotopic (exact) mass is 388 g/mol. The number of ether oxygens (including phenoxy) is 1. The summed E-state index contributed by atoms with van der Waals surface area (Å²) in [5.74, 6) is -0.614. The number of rotatable bonds is 5. The Balaban J connectivity index is 2.21. The lowest BCUT2D eigenvalue weighted by Crippen LogP contribution is -2.29. The van der Waals surface area contributed by atoms with E-state index in [0.717, 1.165) is 0 Å². The molecular formula is C16H15F2IO. The summed E-state index contributed by atoms with van der Waals surface area (Å²) >= 11 is 2.15. The van der Waals surface area contributed by atoms with Crippen molar-refractivity contribution in [2.75, 3.05) is 4.43 Å². The minimum Gasteiger partial charge on any atom is -0.365 e. The van der Waals surface area contributed by atoms with Gasteiger partial charge in [-0.15, -0.1) is 0 Å². The van der Waals surface area contributed by atoms with Gasteiger partial charge < -0.3 is 4.74 Å². The molecule has 0 bridgehead atoms. The van der Waals surface area contributed by atoms with Crippen molar-refractivity contribution in [2.45, 2.75) is 19.1 Å². The maximum Gasteiger partial charge on any atom is 0.129 e. The largest absolute Gasteiger partial charge is 0.365 e. The second-order valence-electron chi connectivity index (χ2n) is 4.72. The molecule has 4 heteroatoms. The minimum absolute atomic E-state index is 0.112. The average molecular weight is 388 g/mol. The number of benzene rings is 2. The fraction of sp³-hybridized carbons (Fsp3) is 0.250. The molecule has 106 valence electrons. The van der Waals surface area contributed by atoms with Gasteiger partial charge in [-0.1, -0.05) is 59.0 Å². The maximum absolute atomic E-state index is 13.9. The third kappa shape index (κ3) is 3.35. The summed E-state index contributed by atoms with van der Waals surface area (Å²) in [4.78, 5) is 0. The quantitative estimate of drug-likeness (QED) is 0.527. The molecule has 0 N–H and O–H groups in total. The lowest BCUT2D eigenvalue weighted by atomic mass is 9.97. The molecule has 2 rings (SSSR count). The zero-order valence-corrected chi connectivity index (χ0v) is 13.2. The van der Waals surface area contributed by atoms with E-state index in [0.29, 0.717) is 15.6 Å². The lowest BCUT2D eigenvalue weighted by Gasteiger charge is -2.29. The number of halogens is 3. The van der Waals surface area contributed by atoms with Crippen molar-refractivity contribution in [1.29, 1.82) is 0 Å². The molecule has 1 nitrogen and oxygen atoms in total. The molecule has 0 amide bonds. The van der Waals surface area contributed by atoms with Crippen molar-refractivity contribution >= 4 is 22.6 Å². The van der Waals surface area contributed by atoms with E-state index >= 15 is 0 Å². The zero-order valence-electron chi connectivity index (χ0n) is 11.1. The van der Waals surface area contributed by atoms with Gasteiger partial charge in [-0.25, -0.2) is 8.78 Å². The second-order valence-corrected chi connectivity index (χ2v) is 5.49. The Hall–Kier alpha value is -1.01. The van der Waals surface area contributed by atoms with Gasteiger partial charge in [-0.05, 0) is 19.1 Å². The van der Waals surface area contributed by atoms with Crippen molar-refractivity contribution < 1.29 is 13.5 Å².